The summed E-state index contributed by atoms with van der Waals surface area (Å²) in [5, 5.41) is 0. The number of hydrogen-bond donors (Lipinski definition) is 0. The maximum atomic E-state index is 13.0. The van der Waals surface area contributed by atoms with Crippen molar-refractivity contribution in [3.05, 3.63) is 47.5 Å². The first kappa shape index (κ1) is 16.5. The summed E-state index contributed by atoms with van der Waals surface area (Å²) in [5.41, 5.74) is 1.16. The minimum atomic E-state index is -0.0361. The molecule has 0 aromatic heterocycles. The van der Waals surface area contributed by atoms with E-state index in [0.29, 0.717) is 47.2 Å². The van der Waals surface area contributed by atoms with Crippen LogP contribution in [0.4, 0.5) is 0 Å². The summed E-state index contributed by atoms with van der Waals surface area (Å²) in [6, 6.07) is 10.6. The molecular formula is C21H18N2O6. The first-order chi connectivity index (χ1) is 14.2. The van der Waals surface area contributed by atoms with E-state index in [1.54, 1.807) is 36.4 Å². The molecule has 8 heteroatoms. The fraction of sp³-hybridized carbons (Fsp3) is 0.333. The molecule has 0 aliphatic carbocycles. The molecule has 0 radical (unpaired) electrons. The molecule has 2 atom stereocenters. The predicted molar refractivity (Wildman–Crippen MR) is 99.4 cm³/mol. The summed E-state index contributed by atoms with van der Waals surface area (Å²) in [4.78, 5) is 29.7. The van der Waals surface area contributed by atoms with Crippen LogP contribution in [0.15, 0.2) is 36.4 Å². The molecule has 0 saturated carbocycles. The van der Waals surface area contributed by atoms with Crippen molar-refractivity contribution < 1.29 is 28.5 Å². The van der Waals surface area contributed by atoms with Crippen molar-refractivity contribution in [2.24, 2.45) is 0 Å². The van der Waals surface area contributed by atoms with E-state index in [9.17, 15) is 9.59 Å². The molecule has 2 bridgehead atoms. The van der Waals surface area contributed by atoms with E-state index < -0.39 is 0 Å². The number of fused-ring (bicyclic) bond motifs is 4. The van der Waals surface area contributed by atoms with Crippen molar-refractivity contribution >= 4 is 11.8 Å². The Morgan fingerprint density at radius 3 is 1.59 bits per heavy atom. The Labute approximate surface area is 166 Å². The van der Waals surface area contributed by atoms with E-state index in [2.05, 4.69) is 0 Å². The van der Waals surface area contributed by atoms with Crippen molar-refractivity contribution in [1.29, 1.82) is 0 Å². The lowest BCUT2D eigenvalue weighted by Crippen LogP contribution is -2.50. The molecule has 0 spiro atoms. The Kier molecular flexibility index (Phi) is 3.44. The number of likely N-dealkylation sites (tertiary alicyclic amines) is 2. The Morgan fingerprint density at radius 1 is 0.690 bits per heavy atom. The normalized spacial score (nSPS) is 23.0. The molecule has 0 N–H and O–H groups in total. The van der Waals surface area contributed by atoms with Crippen molar-refractivity contribution in [3.63, 3.8) is 0 Å². The van der Waals surface area contributed by atoms with Crippen molar-refractivity contribution in [2.45, 2.75) is 18.5 Å². The van der Waals surface area contributed by atoms with E-state index >= 15 is 0 Å². The maximum absolute atomic E-state index is 13.0. The SMILES string of the molecule is O=C(c1ccc2c(c1)OCO2)N1CC2CC1CN2C(=O)c1ccc2c(c1)OCO2. The molecule has 2 aromatic carbocycles. The summed E-state index contributed by atoms with van der Waals surface area (Å²) in [7, 11) is 0. The monoisotopic (exact) mass is 394 g/mol. The Morgan fingerprint density at radius 2 is 1.14 bits per heavy atom. The Hall–Kier alpha value is -3.42. The highest BCUT2D eigenvalue weighted by Crippen LogP contribution is 2.37. The number of rotatable bonds is 2. The minimum absolute atomic E-state index is 0.0240. The van der Waals surface area contributed by atoms with Crippen molar-refractivity contribution in [3.8, 4) is 23.0 Å². The number of hydrogen-bond acceptors (Lipinski definition) is 6. The number of ether oxygens (including phenoxy) is 4. The standard InChI is InChI=1S/C21H18N2O6/c24-20(12-1-3-16-18(5-12)28-10-26-16)22-8-15-7-14(22)9-23(15)21(25)13-2-4-17-19(6-13)29-11-27-17/h1-6,14-15H,7-11H2. The number of carbonyl (C=O) groups excluding carboxylic acids is 2. The summed E-state index contributed by atoms with van der Waals surface area (Å²) in [5.74, 6) is 2.44. The van der Waals surface area contributed by atoms with Gasteiger partial charge in [0.1, 0.15) is 0 Å². The van der Waals surface area contributed by atoms with Gasteiger partial charge in [-0.1, -0.05) is 0 Å². The zero-order valence-corrected chi connectivity index (χ0v) is 15.5. The van der Waals surface area contributed by atoms with E-state index in [4.69, 9.17) is 18.9 Å². The third kappa shape index (κ3) is 2.52. The van der Waals surface area contributed by atoms with Gasteiger partial charge in [-0.3, -0.25) is 9.59 Å². The molecule has 2 fully saturated rings. The summed E-state index contributed by atoms with van der Waals surface area (Å²) in [6.07, 6.45) is 0.798. The zero-order valence-electron chi connectivity index (χ0n) is 15.5. The van der Waals surface area contributed by atoms with Crippen LogP contribution in [0, 0.1) is 0 Å². The largest absolute Gasteiger partial charge is 0.454 e. The molecule has 2 unspecified atom stereocenters. The van der Waals surface area contributed by atoms with Crippen LogP contribution in [0.3, 0.4) is 0 Å². The quantitative estimate of drug-likeness (QED) is 0.774. The van der Waals surface area contributed by atoms with Crippen LogP contribution in [0.5, 0.6) is 23.0 Å². The third-order valence-corrected chi connectivity index (χ3v) is 6.00. The molecule has 4 aliphatic rings. The molecule has 2 amide bonds. The highest BCUT2D eigenvalue weighted by atomic mass is 16.7. The molecule has 6 rings (SSSR count). The van der Waals surface area contributed by atoms with Crippen LogP contribution in [0.2, 0.25) is 0 Å². The second-order valence-corrected chi connectivity index (χ2v) is 7.59. The van der Waals surface area contributed by atoms with Gasteiger partial charge in [-0.25, -0.2) is 0 Å². The summed E-state index contributed by atoms with van der Waals surface area (Å²) in [6.45, 7) is 1.43. The fourth-order valence-corrected chi connectivity index (χ4v) is 4.56. The lowest BCUT2D eigenvalue weighted by Gasteiger charge is -2.34. The number of piperazine rings is 1. The summed E-state index contributed by atoms with van der Waals surface area (Å²) >= 11 is 0. The van der Waals surface area contributed by atoms with Crippen LogP contribution < -0.4 is 18.9 Å². The van der Waals surface area contributed by atoms with Gasteiger partial charge in [-0.2, -0.15) is 0 Å². The Bertz CT molecular complexity index is 956. The van der Waals surface area contributed by atoms with Crippen LogP contribution in [0.1, 0.15) is 27.1 Å². The van der Waals surface area contributed by atoms with Gasteiger partial charge < -0.3 is 28.7 Å². The molecule has 4 heterocycles. The van der Waals surface area contributed by atoms with E-state index in [1.165, 1.54) is 0 Å². The van der Waals surface area contributed by atoms with Crippen LogP contribution in [0.25, 0.3) is 0 Å². The highest BCUT2D eigenvalue weighted by molar-refractivity contribution is 5.97. The van der Waals surface area contributed by atoms with Crippen LogP contribution >= 0.6 is 0 Å². The molecular weight excluding hydrogens is 376 g/mol. The van der Waals surface area contributed by atoms with Gasteiger partial charge in [-0.05, 0) is 42.8 Å². The summed E-state index contributed by atoms with van der Waals surface area (Å²) < 4.78 is 21.4. The average molecular weight is 394 g/mol. The van der Waals surface area contributed by atoms with Gasteiger partial charge in [0.2, 0.25) is 13.6 Å². The van der Waals surface area contributed by atoms with E-state index in [-0.39, 0.29) is 37.5 Å². The molecule has 4 aliphatic heterocycles. The van der Waals surface area contributed by atoms with E-state index in [0.717, 1.165) is 6.42 Å². The smallest absolute Gasteiger partial charge is 0.254 e. The van der Waals surface area contributed by atoms with Gasteiger partial charge >= 0.3 is 0 Å². The molecule has 8 nitrogen and oxygen atoms in total. The maximum Gasteiger partial charge on any atom is 0.254 e. The lowest BCUT2D eigenvalue weighted by molar-refractivity contribution is 0.0526. The fourth-order valence-electron chi connectivity index (χ4n) is 4.56. The first-order valence-corrected chi connectivity index (χ1v) is 9.58. The zero-order chi connectivity index (χ0) is 19.5. The lowest BCUT2D eigenvalue weighted by atomic mass is 10.1. The predicted octanol–water partition coefficient (Wildman–Crippen LogP) is 1.88. The number of carbonyl (C=O) groups is 2. The van der Waals surface area contributed by atoms with Crippen LogP contribution in [-0.4, -0.2) is 60.4 Å². The van der Waals surface area contributed by atoms with Gasteiger partial charge in [0, 0.05) is 24.2 Å². The van der Waals surface area contributed by atoms with Gasteiger partial charge in [0.05, 0.1) is 12.1 Å². The van der Waals surface area contributed by atoms with Gasteiger partial charge in [0.25, 0.3) is 11.8 Å². The van der Waals surface area contributed by atoms with Crippen molar-refractivity contribution in [1.82, 2.24) is 9.80 Å². The number of amides is 2. The molecule has 2 saturated heterocycles. The second kappa shape index (κ2) is 6.04. The first-order valence-electron chi connectivity index (χ1n) is 9.58. The number of nitrogens with zero attached hydrogens (tertiary/aromatic N) is 2. The molecule has 148 valence electrons. The van der Waals surface area contributed by atoms with Crippen molar-refractivity contribution in [2.75, 3.05) is 26.7 Å². The van der Waals surface area contributed by atoms with E-state index in [1.807, 2.05) is 9.80 Å². The van der Waals surface area contributed by atoms with Crippen LogP contribution in [-0.2, 0) is 0 Å². The molecule has 2 aromatic rings. The second-order valence-electron chi connectivity index (χ2n) is 7.59. The topological polar surface area (TPSA) is 77.5 Å². The molecule has 29 heavy (non-hydrogen) atoms. The minimum Gasteiger partial charge on any atom is -0.454 e. The van der Waals surface area contributed by atoms with Gasteiger partial charge in [-0.15, -0.1) is 0 Å². The van der Waals surface area contributed by atoms with Gasteiger partial charge in [0.15, 0.2) is 23.0 Å². The highest BCUT2D eigenvalue weighted by Gasteiger charge is 2.47. The third-order valence-electron chi connectivity index (χ3n) is 6.00. The Balaban J connectivity index is 1.18. The number of benzene rings is 2. The average Bonchev–Trinajstić information content (AvgIpc) is 3.54.